The molecule has 1 rings (SSSR count). The van der Waals surface area contributed by atoms with Gasteiger partial charge in [-0.15, -0.1) is 0 Å². The fourth-order valence-electron chi connectivity index (χ4n) is 1.86. The summed E-state index contributed by atoms with van der Waals surface area (Å²) in [4.78, 5) is 12.8. The number of aliphatic carboxylic acids is 1. The standard InChI is InChI=1S/C16H25NO4/c1-5-9-21-14-8-7-13(10-15(14)20-6-2)11-17(4)12(3)16(18)19/h7-8,10,12H,5-6,9,11H2,1-4H3,(H,18,19). The van der Waals surface area contributed by atoms with E-state index in [1.807, 2.05) is 25.1 Å². The van der Waals surface area contributed by atoms with Gasteiger partial charge in [0.15, 0.2) is 11.5 Å². The third-order valence-electron chi connectivity index (χ3n) is 3.22. The SMILES string of the molecule is CCCOc1ccc(CN(C)C(C)C(=O)O)cc1OCC. The van der Waals surface area contributed by atoms with Crippen LogP contribution in [0.15, 0.2) is 18.2 Å². The van der Waals surface area contributed by atoms with Crippen LogP contribution in [0.1, 0.15) is 32.8 Å². The van der Waals surface area contributed by atoms with Crippen LogP contribution in [0.5, 0.6) is 11.5 Å². The molecule has 0 heterocycles. The van der Waals surface area contributed by atoms with E-state index in [4.69, 9.17) is 14.6 Å². The maximum atomic E-state index is 11.0. The van der Waals surface area contributed by atoms with Gasteiger partial charge in [0, 0.05) is 6.54 Å². The first-order chi connectivity index (χ1) is 9.99. The highest BCUT2D eigenvalue weighted by atomic mass is 16.5. The molecule has 0 fully saturated rings. The second-order valence-corrected chi connectivity index (χ2v) is 4.99. The van der Waals surface area contributed by atoms with E-state index >= 15 is 0 Å². The van der Waals surface area contributed by atoms with E-state index < -0.39 is 12.0 Å². The summed E-state index contributed by atoms with van der Waals surface area (Å²) in [6, 6.07) is 5.21. The van der Waals surface area contributed by atoms with Gasteiger partial charge >= 0.3 is 5.97 Å². The maximum absolute atomic E-state index is 11.0. The molecule has 118 valence electrons. The van der Waals surface area contributed by atoms with Gasteiger partial charge in [0.05, 0.1) is 13.2 Å². The average molecular weight is 295 g/mol. The van der Waals surface area contributed by atoms with Crippen molar-refractivity contribution in [3.63, 3.8) is 0 Å². The van der Waals surface area contributed by atoms with Crippen molar-refractivity contribution in [1.82, 2.24) is 4.90 Å². The smallest absolute Gasteiger partial charge is 0.320 e. The van der Waals surface area contributed by atoms with Crippen molar-refractivity contribution in [1.29, 1.82) is 0 Å². The molecule has 0 aliphatic heterocycles. The van der Waals surface area contributed by atoms with E-state index in [1.165, 1.54) is 0 Å². The van der Waals surface area contributed by atoms with Crippen molar-refractivity contribution in [3.8, 4) is 11.5 Å². The molecule has 0 aromatic heterocycles. The molecule has 5 nitrogen and oxygen atoms in total. The number of carbonyl (C=O) groups is 1. The highest BCUT2D eigenvalue weighted by Gasteiger charge is 2.17. The van der Waals surface area contributed by atoms with Crippen molar-refractivity contribution in [3.05, 3.63) is 23.8 Å². The third-order valence-corrected chi connectivity index (χ3v) is 3.22. The van der Waals surface area contributed by atoms with Crippen LogP contribution in [-0.4, -0.2) is 42.3 Å². The van der Waals surface area contributed by atoms with Crippen LogP contribution in [0.4, 0.5) is 0 Å². The zero-order chi connectivity index (χ0) is 15.8. The number of rotatable bonds is 9. The van der Waals surface area contributed by atoms with Crippen LogP contribution in [-0.2, 0) is 11.3 Å². The van der Waals surface area contributed by atoms with E-state index in [9.17, 15) is 4.79 Å². The van der Waals surface area contributed by atoms with Gasteiger partial charge in [-0.25, -0.2) is 0 Å². The predicted molar refractivity (Wildman–Crippen MR) is 82.0 cm³/mol. The van der Waals surface area contributed by atoms with Crippen LogP contribution >= 0.6 is 0 Å². The summed E-state index contributed by atoms with van der Waals surface area (Å²) >= 11 is 0. The number of benzene rings is 1. The molecule has 21 heavy (non-hydrogen) atoms. The van der Waals surface area contributed by atoms with E-state index in [-0.39, 0.29) is 0 Å². The van der Waals surface area contributed by atoms with E-state index in [0.717, 1.165) is 17.7 Å². The zero-order valence-corrected chi connectivity index (χ0v) is 13.3. The summed E-state index contributed by atoms with van der Waals surface area (Å²) in [5.74, 6) is 0.613. The second-order valence-electron chi connectivity index (χ2n) is 4.99. The molecule has 1 atom stereocenters. The quantitative estimate of drug-likeness (QED) is 0.759. The number of carboxylic acids is 1. The molecule has 0 spiro atoms. The average Bonchev–Trinajstić information content (AvgIpc) is 2.45. The molecule has 5 heteroatoms. The molecule has 0 bridgehead atoms. The zero-order valence-electron chi connectivity index (χ0n) is 13.3. The second kappa shape index (κ2) is 8.52. The Labute approximate surface area is 126 Å². The molecule has 0 aliphatic carbocycles. The van der Waals surface area contributed by atoms with Crippen LogP contribution in [0.2, 0.25) is 0 Å². The number of likely N-dealkylation sites (N-methyl/N-ethyl adjacent to an activating group) is 1. The largest absolute Gasteiger partial charge is 0.490 e. The number of hydrogen-bond donors (Lipinski definition) is 1. The minimum atomic E-state index is -0.828. The van der Waals surface area contributed by atoms with Gasteiger partial charge in [-0.1, -0.05) is 13.0 Å². The Hall–Kier alpha value is -1.75. The first-order valence-electron chi connectivity index (χ1n) is 7.31. The van der Waals surface area contributed by atoms with Crippen LogP contribution in [0.3, 0.4) is 0 Å². The lowest BCUT2D eigenvalue weighted by molar-refractivity contribution is -0.142. The van der Waals surface area contributed by atoms with Gasteiger partial charge in [-0.3, -0.25) is 9.69 Å². The van der Waals surface area contributed by atoms with Crippen molar-refractivity contribution in [2.24, 2.45) is 0 Å². The fourth-order valence-corrected chi connectivity index (χ4v) is 1.86. The number of carboxylic acid groups (broad SMARTS) is 1. The molecule has 0 radical (unpaired) electrons. The summed E-state index contributed by atoms with van der Waals surface area (Å²) in [7, 11) is 1.79. The Morgan fingerprint density at radius 2 is 2.00 bits per heavy atom. The molecule has 1 unspecified atom stereocenters. The van der Waals surface area contributed by atoms with Gasteiger partial charge in [0.25, 0.3) is 0 Å². The fraction of sp³-hybridized carbons (Fsp3) is 0.562. The molecule has 1 aromatic carbocycles. The molecule has 0 saturated carbocycles. The Kier molecular flexibility index (Phi) is 7.02. The molecule has 0 saturated heterocycles. The van der Waals surface area contributed by atoms with Crippen molar-refractivity contribution < 1.29 is 19.4 Å². The lowest BCUT2D eigenvalue weighted by Gasteiger charge is -2.21. The van der Waals surface area contributed by atoms with Gasteiger partial charge in [0.1, 0.15) is 6.04 Å². The summed E-state index contributed by atoms with van der Waals surface area (Å²) in [5, 5.41) is 9.02. The topological polar surface area (TPSA) is 59.0 Å². The normalized spacial score (nSPS) is 12.2. The number of hydrogen-bond acceptors (Lipinski definition) is 4. The lowest BCUT2D eigenvalue weighted by atomic mass is 10.1. The minimum absolute atomic E-state index is 0.531. The summed E-state index contributed by atoms with van der Waals surface area (Å²) in [6.45, 7) is 7.40. The minimum Gasteiger partial charge on any atom is -0.490 e. The molecular weight excluding hydrogens is 270 g/mol. The molecule has 0 amide bonds. The van der Waals surface area contributed by atoms with Gasteiger partial charge in [0.2, 0.25) is 0 Å². The Morgan fingerprint density at radius 1 is 1.29 bits per heavy atom. The Bertz CT molecular complexity index is 462. The maximum Gasteiger partial charge on any atom is 0.320 e. The van der Waals surface area contributed by atoms with Crippen LogP contribution < -0.4 is 9.47 Å². The lowest BCUT2D eigenvalue weighted by Crippen LogP contribution is -2.35. The molecular formula is C16H25NO4. The van der Waals surface area contributed by atoms with Crippen molar-refractivity contribution in [2.75, 3.05) is 20.3 Å². The third kappa shape index (κ3) is 5.27. The predicted octanol–water partition coefficient (Wildman–Crippen LogP) is 2.78. The Balaban J connectivity index is 2.84. The van der Waals surface area contributed by atoms with Crippen molar-refractivity contribution in [2.45, 2.75) is 39.8 Å². The number of nitrogens with zero attached hydrogens (tertiary/aromatic N) is 1. The van der Waals surface area contributed by atoms with Crippen LogP contribution in [0.25, 0.3) is 0 Å². The molecule has 1 N–H and O–H groups in total. The molecule has 0 aliphatic rings. The van der Waals surface area contributed by atoms with Gasteiger partial charge in [-0.05, 0) is 45.0 Å². The summed E-state index contributed by atoms with van der Waals surface area (Å²) in [5.41, 5.74) is 0.998. The number of ether oxygens (including phenoxy) is 2. The van der Waals surface area contributed by atoms with E-state index in [0.29, 0.717) is 25.5 Å². The first-order valence-corrected chi connectivity index (χ1v) is 7.31. The first kappa shape index (κ1) is 17.3. The van der Waals surface area contributed by atoms with E-state index in [2.05, 4.69) is 6.92 Å². The van der Waals surface area contributed by atoms with Gasteiger partial charge in [-0.2, -0.15) is 0 Å². The van der Waals surface area contributed by atoms with Crippen molar-refractivity contribution >= 4 is 5.97 Å². The highest BCUT2D eigenvalue weighted by Crippen LogP contribution is 2.29. The molecule has 1 aromatic rings. The summed E-state index contributed by atoms with van der Waals surface area (Å²) in [6.07, 6.45) is 0.937. The van der Waals surface area contributed by atoms with Gasteiger partial charge < -0.3 is 14.6 Å². The highest BCUT2D eigenvalue weighted by molar-refractivity contribution is 5.72. The Morgan fingerprint density at radius 3 is 2.57 bits per heavy atom. The van der Waals surface area contributed by atoms with E-state index in [1.54, 1.807) is 18.9 Å². The van der Waals surface area contributed by atoms with Crippen LogP contribution in [0, 0.1) is 0 Å². The monoisotopic (exact) mass is 295 g/mol. The summed E-state index contributed by atoms with van der Waals surface area (Å²) < 4.78 is 11.3.